The Kier molecular flexibility index (Phi) is 7.39. The molecule has 0 spiro atoms. The van der Waals surface area contributed by atoms with Crippen LogP contribution in [0, 0.1) is 0 Å². The van der Waals surface area contributed by atoms with E-state index in [4.69, 9.17) is 0 Å². The van der Waals surface area contributed by atoms with Crippen molar-refractivity contribution in [1.29, 1.82) is 0 Å². The Hall–Kier alpha value is -5.46. The van der Waals surface area contributed by atoms with E-state index in [2.05, 4.69) is 164 Å². The number of benzene rings is 9. The van der Waals surface area contributed by atoms with Gasteiger partial charge in [0.05, 0.1) is 0 Å². The molecule has 10 aromatic rings. The molecular formula is C52H38Se. The fraction of sp³-hybridized carbons (Fsp3) is 0.115. The van der Waals surface area contributed by atoms with Crippen molar-refractivity contribution in [1.82, 2.24) is 0 Å². The molecule has 0 atom stereocenters. The van der Waals surface area contributed by atoms with Crippen molar-refractivity contribution in [3.63, 3.8) is 0 Å². The van der Waals surface area contributed by atoms with Crippen molar-refractivity contribution in [3.05, 3.63) is 169 Å². The summed E-state index contributed by atoms with van der Waals surface area (Å²) in [5.41, 5.74) is 9.59. The van der Waals surface area contributed by atoms with Crippen LogP contribution in [0.1, 0.15) is 43.6 Å². The molecule has 0 saturated heterocycles. The van der Waals surface area contributed by atoms with Gasteiger partial charge >= 0.3 is 318 Å². The van der Waals surface area contributed by atoms with E-state index in [0.717, 1.165) is 0 Å². The van der Waals surface area contributed by atoms with E-state index in [9.17, 15) is 0 Å². The maximum absolute atomic E-state index is 2.42. The molecule has 252 valence electrons. The van der Waals surface area contributed by atoms with E-state index in [0.29, 0.717) is 5.92 Å². The Morgan fingerprint density at radius 3 is 1.21 bits per heavy atom. The molecule has 1 aromatic heterocycles. The number of fused-ring (bicyclic) bond motifs is 7. The first-order valence-corrected chi connectivity index (χ1v) is 20.9. The van der Waals surface area contributed by atoms with Gasteiger partial charge in [0.15, 0.2) is 0 Å². The summed E-state index contributed by atoms with van der Waals surface area (Å²) in [6, 6.07) is 62.0. The standard InChI is InChI=1S/C52H38Se/c1-3-17-33(18-4-1)47-35-21-7-11-25-39(35)49(40-26-12-8-22-36(40)47)43-29-15-31-45-51(43)52-44(30-16-32-46(52)53-45)50-41-27-13-9-23-37(41)48(34-19-5-2-6-20-34)38-24-10-14-28-42(38)50/h1,3-4,7-18,21-32,34H,2,5-6,19-20H2. The van der Waals surface area contributed by atoms with Crippen LogP contribution in [0.4, 0.5) is 0 Å². The fourth-order valence-corrected chi connectivity index (χ4v) is 12.3. The van der Waals surface area contributed by atoms with Crippen LogP contribution in [0.2, 0.25) is 0 Å². The molecule has 1 fully saturated rings. The van der Waals surface area contributed by atoms with Crippen molar-refractivity contribution in [2.45, 2.75) is 38.0 Å². The molecule has 53 heavy (non-hydrogen) atoms. The summed E-state index contributed by atoms with van der Waals surface area (Å²) >= 11 is 0.208. The first-order chi connectivity index (χ1) is 26.3. The number of hydrogen-bond donors (Lipinski definition) is 0. The topological polar surface area (TPSA) is 0 Å². The van der Waals surface area contributed by atoms with Gasteiger partial charge in [-0.05, 0) is 0 Å². The summed E-state index contributed by atoms with van der Waals surface area (Å²) in [6.45, 7) is 0. The van der Waals surface area contributed by atoms with Crippen LogP contribution in [0.15, 0.2) is 164 Å². The SMILES string of the molecule is c1ccc(-c2c3ccccc3c(-c3cccc4[se]c5cccc(-c6c7ccccc7c(C7CCCCC7)c7ccccc67)c5c34)c3ccccc23)cc1. The minimum atomic E-state index is 0.208. The Morgan fingerprint density at radius 2 is 0.736 bits per heavy atom. The molecule has 0 aliphatic heterocycles. The van der Waals surface area contributed by atoms with Crippen molar-refractivity contribution in [2.75, 3.05) is 0 Å². The van der Waals surface area contributed by atoms with E-state index in [1.807, 2.05) is 0 Å². The molecule has 1 aliphatic carbocycles. The van der Waals surface area contributed by atoms with Crippen LogP contribution in [0.25, 0.3) is 95.8 Å². The van der Waals surface area contributed by atoms with Crippen molar-refractivity contribution >= 4 is 76.9 Å². The normalized spacial score (nSPS) is 14.0. The predicted octanol–water partition coefficient (Wildman–Crippen LogP) is 14.7. The van der Waals surface area contributed by atoms with Crippen LogP contribution < -0.4 is 0 Å². The first kappa shape index (κ1) is 31.1. The van der Waals surface area contributed by atoms with Crippen molar-refractivity contribution < 1.29 is 0 Å². The fourth-order valence-electron chi connectivity index (χ4n) is 9.90. The van der Waals surface area contributed by atoms with E-state index < -0.39 is 0 Å². The molecule has 0 bridgehead atoms. The van der Waals surface area contributed by atoms with Crippen LogP contribution in [0.5, 0.6) is 0 Å². The second kappa shape index (κ2) is 12.6. The summed E-state index contributed by atoms with van der Waals surface area (Å²) in [5, 5.41) is 13.7. The number of rotatable bonds is 4. The Labute approximate surface area is 316 Å². The summed E-state index contributed by atoms with van der Waals surface area (Å²) < 4.78 is 2.96. The molecule has 1 saturated carbocycles. The van der Waals surface area contributed by atoms with E-state index >= 15 is 0 Å². The van der Waals surface area contributed by atoms with E-state index in [1.54, 1.807) is 5.56 Å². The van der Waals surface area contributed by atoms with Gasteiger partial charge in [-0.25, -0.2) is 0 Å². The third kappa shape index (κ3) is 4.81. The van der Waals surface area contributed by atoms with Gasteiger partial charge in [0.25, 0.3) is 0 Å². The molecule has 1 aliphatic rings. The monoisotopic (exact) mass is 742 g/mol. The first-order valence-electron chi connectivity index (χ1n) is 19.2. The van der Waals surface area contributed by atoms with E-state index in [1.165, 1.54) is 128 Å². The third-order valence-corrected chi connectivity index (χ3v) is 14.4. The molecule has 9 aromatic carbocycles. The van der Waals surface area contributed by atoms with Gasteiger partial charge in [-0.3, -0.25) is 0 Å². The quantitative estimate of drug-likeness (QED) is 0.124. The summed E-state index contributed by atoms with van der Waals surface area (Å²) in [5.74, 6) is 0.616. The molecule has 0 radical (unpaired) electrons. The van der Waals surface area contributed by atoms with Gasteiger partial charge in [-0.2, -0.15) is 0 Å². The van der Waals surface area contributed by atoms with Crippen LogP contribution in [-0.4, -0.2) is 14.5 Å². The van der Waals surface area contributed by atoms with E-state index in [-0.39, 0.29) is 14.5 Å². The van der Waals surface area contributed by atoms with Gasteiger partial charge in [0.1, 0.15) is 0 Å². The summed E-state index contributed by atoms with van der Waals surface area (Å²) in [6.07, 6.45) is 6.61. The summed E-state index contributed by atoms with van der Waals surface area (Å²) in [4.78, 5) is 0. The zero-order valence-corrected chi connectivity index (χ0v) is 31.3. The Morgan fingerprint density at radius 1 is 0.340 bits per heavy atom. The van der Waals surface area contributed by atoms with Gasteiger partial charge in [0.2, 0.25) is 0 Å². The van der Waals surface area contributed by atoms with Crippen LogP contribution in [0.3, 0.4) is 0 Å². The second-order valence-corrected chi connectivity index (χ2v) is 17.2. The average molecular weight is 742 g/mol. The average Bonchev–Trinajstić information content (AvgIpc) is 3.62. The van der Waals surface area contributed by atoms with Gasteiger partial charge < -0.3 is 0 Å². The Bertz CT molecular complexity index is 2920. The van der Waals surface area contributed by atoms with Gasteiger partial charge in [-0.1, -0.05) is 0 Å². The predicted molar refractivity (Wildman–Crippen MR) is 231 cm³/mol. The molecular weight excluding hydrogens is 704 g/mol. The molecule has 0 amide bonds. The molecule has 1 heterocycles. The van der Waals surface area contributed by atoms with Crippen molar-refractivity contribution in [2.24, 2.45) is 0 Å². The zero-order chi connectivity index (χ0) is 34.9. The molecule has 1 heteroatoms. The second-order valence-electron chi connectivity index (χ2n) is 14.9. The van der Waals surface area contributed by atoms with Crippen molar-refractivity contribution in [3.8, 4) is 33.4 Å². The van der Waals surface area contributed by atoms with Gasteiger partial charge in [-0.15, -0.1) is 0 Å². The molecule has 0 nitrogen and oxygen atoms in total. The summed E-state index contributed by atoms with van der Waals surface area (Å²) in [7, 11) is 0. The molecule has 11 rings (SSSR count). The Balaban J connectivity index is 1.27. The maximum atomic E-state index is 2.42. The minimum absolute atomic E-state index is 0.208. The van der Waals surface area contributed by atoms with Crippen LogP contribution >= 0.6 is 0 Å². The zero-order valence-electron chi connectivity index (χ0n) is 29.6. The molecule has 0 unspecified atom stereocenters. The van der Waals surface area contributed by atoms with Gasteiger partial charge in [0, 0.05) is 0 Å². The third-order valence-electron chi connectivity index (χ3n) is 12.0. The number of hydrogen-bond acceptors (Lipinski definition) is 0. The molecule has 0 N–H and O–H groups in total. The van der Waals surface area contributed by atoms with Crippen LogP contribution in [-0.2, 0) is 0 Å².